The fourth-order valence-electron chi connectivity index (χ4n) is 3.91. The molecule has 0 radical (unpaired) electrons. The third kappa shape index (κ3) is 4.55. The summed E-state index contributed by atoms with van der Waals surface area (Å²) in [6.45, 7) is 0. The molecule has 0 saturated carbocycles. The van der Waals surface area contributed by atoms with Gasteiger partial charge in [0, 0.05) is 5.56 Å². The lowest BCUT2D eigenvalue weighted by atomic mass is 10.1. The van der Waals surface area contributed by atoms with Crippen LogP contribution in [0, 0.1) is 0 Å². The number of para-hydroxylation sites is 2. The van der Waals surface area contributed by atoms with Gasteiger partial charge < -0.3 is 9.52 Å². The van der Waals surface area contributed by atoms with Crippen molar-refractivity contribution in [2.75, 3.05) is 9.80 Å². The van der Waals surface area contributed by atoms with Crippen LogP contribution in [0.2, 0.25) is 5.02 Å². The molecule has 3 aromatic carbocycles. The summed E-state index contributed by atoms with van der Waals surface area (Å²) in [5, 5.41) is 9.29. The van der Waals surface area contributed by atoms with Crippen LogP contribution in [0.15, 0.2) is 101 Å². The second kappa shape index (κ2) is 9.85. The van der Waals surface area contributed by atoms with Crippen molar-refractivity contribution in [3.05, 3.63) is 113 Å². The number of aromatic carboxylic acids is 1. The maximum atomic E-state index is 13.6. The van der Waals surface area contributed by atoms with E-state index in [1.54, 1.807) is 66.7 Å². The third-order valence-corrected chi connectivity index (χ3v) is 6.35. The summed E-state index contributed by atoms with van der Waals surface area (Å²) in [7, 11) is 0. The zero-order chi connectivity index (χ0) is 26.1. The van der Waals surface area contributed by atoms with E-state index in [0.29, 0.717) is 22.7 Å². The number of anilines is 2. The van der Waals surface area contributed by atoms with Gasteiger partial charge in [-0.1, -0.05) is 54.1 Å². The Morgan fingerprint density at radius 3 is 1.92 bits per heavy atom. The zero-order valence-corrected chi connectivity index (χ0v) is 20.6. The first-order valence-corrected chi connectivity index (χ1v) is 11.8. The van der Waals surface area contributed by atoms with Gasteiger partial charge in [0.05, 0.1) is 22.0 Å². The number of halogens is 1. The predicted molar refractivity (Wildman–Crippen MR) is 145 cm³/mol. The average molecular weight is 529 g/mol. The highest BCUT2D eigenvalue weighted by Crippen LogP contribution is 2.32. The number of carbonyl (C=O) groups is 3. The first-order chi connectivity index (χ1) is 17.8. The number of hydrogen-bond acceptors (Lipinski definition) is 5. The van der Waals surface area contributed by atoms with Gasteiger partial charge in [-0.15, -0.1) is 0 Å². The summed E-state index contributed by atoms with van der Waals surface area (Å²) in [4.78, 5) is 41.0. The van der Waals surface area contributed by atoms with Gasteiger partial charge in [-0.05, 0) is 66.8 Å². The Balaban J connectivity index is 1.56. The topological polar surface area (TPSA) is 91.1 Å². The summed E-state index contributed by atoms with van der Waals surface area (Å²) in [5.41, 5.74) is 1.41. The van der Waals surface area contributed by atoms with E-state index in [1.165, 1.54) is 28.0 Å². The predicted octanol–water partition coefficient (Wildman–Crippen LogP) is 6.05. The number of carboxylic acids is 1. The number of thiocarbonyl (C=S) groups is 1. The number of carboxylic acid groups (broad SMARTS) is 1. The molecule has 4 aromatic rings. The first kappa shape index (κ1) is 24.2. The quantitative estimate of drug-likeness (QED) is 0.193. The fraction of sp³-hybridized carbons (Fsp3) is 0. The molecule has 2 heterocycles. The van der Waals surface area contributed by atoms with Crippen LogP contribution in [-0.2, 0) is 9.59 Å². The lowest BCUT2D eigenvalue weighted by Gasteiger charge is -2.36. The molecule has 5 rings (SSSR count). The lowest BCUT2D eigenvalue weighted by Crippen LogP contribution is -2.56. The van der Waals surface area contributed by atoms with Gasteiger partial charge in [-0.25, -0.2) is 4.79 Å². The van der Waals surface area contributed by atoms with Gasteiger partial charge in [0.25, 0.3) is 11.8 Å². The molecule has 1 N–H and O–H groups in total. The molecule has 0 spiro atoms. The van der Waals surface area contributed by atoms with E-state index in [0.717, 1.165) is 0 Å². The summed E-state index contributed by atoms with van der Waals surface area (Å²) in [6, 6.07) is 25.3. The number of nitrogens with zero attached hydrogens (tertiary/aromatic N) is 2. The standard InChI is InChI=1S/C28H17ClN2O5S/c29-23-15-17(11-13-21(23)27(34)35)24-14-12-20(36-24)16-22-25(32)30(18-7-3-1-4-8-18)28(37)31(26(22)33)19-9-5-2-6-10-19/h1-16H,(H,34,35). The highest BCUT2D eigenvalue weighted by Gasteiger charge is 2.41. The van der Waals surface area contributed by atoms with Gasteiger partial charge >= 0.3 is 5.97 Å². The molecule has 1 fully saturated rings. The van der Waals surface area contributed by atoms with E-state index < -0.39 is 17.8 Å². The summed E-state index contributed by atoms with van der Waals surface area (Å²) >= 11 is 11.7. The fourth-order valence-corrected chi connectivity index (χ4v) is 4.55. The Labute approximate surface area is 221 Å². The number of rotatable bonds is 5. The summed E-state index contributed by atoms with van der Waals surface area (Å²) < 4.78 is 5.88. The lowest BCUT2D eigenvalue weighted by molar-refractivity contribution is -0.120. The van der Waals surface area contributed by atoms with Crippen LogP contribution in [-0.4, -0.2) is 28.0 Å². The molecule has 2 amide bonds. The van der Waals surface area contributed by atoms with Crippen molar-refractivity contribution in [2.24, 2.45) is 0 Å². The van der Waals surface area contributed by atoms with Gasteiger partial charge in [0.1, 0.15) is 17.1 Å². The molecule has 0 aliphatic carbocycles. The van der Waals surface area contributed by atoms with Crippen LogP contribution < -0.4 is 9.80 Å². The van der Waals surface area contributed by atoms with Crippen molar-refractivity contribution in [1.29, 1.82) is 0 Å². The number of hydrogen-bond donors (Lipinski definition) is 1. The first-order valence-electron chi connectivity index (χ1n) is 11.0. The molecular formula is C28H17ClN2O5S. The molecule has 1 aliphatic rings. The maximum Gasteiger partial charge on any atom is 0.337 e. The molecular weight excluding hydrogens is 512 g/mol. The Morgan fingerprint density at radius 1 is 0.838 bits per heavy atom. The highest BCUT2D eigenvalue weighted by molar-refractivity contribution is 7.81. The van der Waals surface area contributed by atoms with Crippen LogP contribution in [0.5, 0.6) is 0 Å². The van der Waals surface area contributed by atoms with E-state index >= 15 is 0 Å². The Bertz CT molecular complexity index is 1520. The SMILES string of the molecule is O=C(O)c1ccc(-c2ccc(C=C3C(=O)N(c4ccccc4)C(=S)N(c4ccccc4)C3=O)o2)cc1Cl. The van der Waals surface area contributed by atoms with Crippen molar-refractivity contribution in [2.45, 2.75) is 0 Å². The van der Waals surface area contributed by atoms with Crippen LogP contribution in [0.25, 0.3) is 17.4 Å². The van der Waals surface area contributed by atoms with E-state index in [1.807, 2.05) is 12.1 Å². The smallest absolute Gasteiger partial charge is 0.337 e. The maximum absolute atomic E-state index is 13.6. The van der Waals surface area contributed by atoms with Gasteiger partial charge in [-0.2, -0.15) is 0 Å². The van der Waals surface area contributed by atoms with Gasteiger partial charge in [0.2, 0.25) is 0 Å². The van der Waals surface area contributed by atoms with E-state index in [-0.39, 0.29) is 27.0 Å². The van der Waals surface area contributed by atoms with Crippen molar-refractivity contribution < 1.29 is 23.9 Å². The average Bonchev–Trinajstić information content (AvgIpc) is 3.36. The van der Waals surface area contributed by atoms with Gasteiger partial charge in [-0.3, -0.25) is 19.4 Å². The normalized spacial score (nSPS) is 13.8. The second-order valence-electron chi connectivity index (χ2n) is 7.99. The number of benzene rings is 3. The Hall–Kier alpha value is -4.53. The number of furan rings is 1. The number of amides is 2. The molecule has 0 bridgehead atoms. The molecule has 37 heavy (non-hydrogen) atoms. The second-order valence-corrected chi connectivity index (χ2v) is 8.77. The minimum absolute atomic E-state index is 0.0318. The van der Waals surface area contributed by atoms with E-state index in [4.69, 9.17) is 28.2 Å². The molecule has 1 aromatic heterocycles. The molecule has 7 nitrogen and oxygen atoms in total. The van der Waals surface area contributed by atoms with Crippen molar-refractivity contribution in [3.8, 4) is 11.3 Å². The molecule has 1 aliphatic heterocycles. The van der Waals surface area contributed by atoms with Crippen LogP contribution >= 0.6 is 23.8 Å². The Morgan fingerprint density at radius 2 is 1.41 bits per heavy atom. The van der Waals surface area contributed by atoms with Crippen molar-refractivity contribution in [3.63, 3.8) is 0 Å². The third-order valence-electron chi connectivity index (χ3n) is 5.68. The summed E-state index contributed by atoms with van der Waals surface area (Å²) in [5.74, 6) is -1.67. The van der Waals surface area contributed by atoms with Crippen LogP contribution in [0.4, 0.5) is 11.4 Å². The minimum atomic E-state index is -1.14. The minimum Gasteiger partial charge on any atom is -0.478 e. The van der Waals surface area contributed by atoms with E-state index in [9.17, 15) is 19.5 Å². The number of carbonyl (C=O) groups excluding carboxylic acids is 2. The molecule has 182 valence electrons. The van der Waals surface area contributed by atoms with Crippen molar-refractivity contribution >= 4 is 64.2 Å². The molecule has 0 atom stereocenters. The molecule has 0 unspecified atom stereocenters. The summed E-state index contributed by atoms with van der Waals surface area (Å²) in [6.07, 6.45) is 1.37. The van der Waals surface area contributed by atoms with Crippen LogP contribution in [0.1, 0.15) is 16.1 Å². The van der Waals surface area contributed by atoms with Crippen LogP contribution in [0.3, 0.4) is 0 Å². The molecule has 1 saturated heterocycles. The highest BCUT2D eigenvalue weighted by atomic mass is 35.5. The molecule has 9 heteroatoms. The zero-order valence-electron chi connectivity index (χ0n) is 19.0. The van der Waals surface area contributed by atoms with Gasteiger partial charge in [0.15, 0.2) is 5.11 Å². The Kier molecular flexibility index (Phi) is 6.43. The van der Waals surface area contributed by atoms with Crippen molar-refractivity contribution in [1.82, 2.24) is 0 Å². The largest absolute Gasteiger partial charge is 0.478 e. The van der Waals surface area contributed by atoms with E-state index in [2.05, 4.69) is 0 Å². The monoisotopic (exact) mass is 528 g/mol.